The van der Waals surface area contributed by atoms with E-state index in [1.54, 1.807) is 19.1 Å². The Morgan fingerprint density at radius 3 is 1.90 bits per heavy atom. The standard InChI is InChI=1S/C23H45N3O4/c1-11-16(5)19(24-22(28)20(15(3)4)25(7)8)23(29)26(9)21(17(6)12-2)18(30-10)13-14-27/h14-21H,11-13H2,1-10H3,(H,24,28)/t16-,17+,18-,19+,20+,21+/m0/s1. The summed E-state index contributed by atoms with van der Waals surface area (Å²) in [5.74, 6) is -0.0508. The molecular weight excluding hydrogens is 382 g/mol. The second-order valence-electron chi connectivity index (χ2n) is 9.03. The van der Waals surface area contributed by atoms with Crippen LogP contribution in [0.15, 0.2) is 0 Å². The maximum atomic E-state index is 13.6. The van der Waals surface area contributed by atoms with Gasteiger partial charge >= 0.3 is 0 Å². The van der Waals surface area contributed by atoms with Crippen LogP contribution in [0.1, 0.15) is 60.8 Å². The Morgan fingerprint density at radius 2 is 1.53 bits per heavy atom. The number of nitrogens with one attached hydrogen (secondary N) is 1. The summed E-state index contributed by atoms with van der Waals surface area (Å²) in [5.41, 5.74) is 0. The molecule has 0 aliphatic heterocycles. The molecule has 0 rings (SSSR count). The number of hydrogen-bond donors (Lipinski definition) is 1. The Kier molecular flexibility index (Phi) is 13.1. The van der Waals surface area contributed by atoms with Gasteiger partial charge in [-0.25, -0.2) is 0 Å². The molecule has 0 bridgehead atoms. The van der Waals surface area contributed by atoms with Crippen molar-refractivity contribution in [2.75, 3.05) is 28.3 Å². The zero-order valence-corrected chi connectivity index (χ0v) is 20.8. The molecule has 0 saturated heterocycles. The highest BCUT2D eigenvalue weighted by atomic mass is 16.5. The molecule has 30 heavy (non-hydrogen) atoms. The second kappa shape index (κ2) is 13.8. The van der Waals surface area contributed by atoms with Crippen molar-refractivity contribution in [1.29, 1.82) is 0 Å². The lowest BCUT2D eigenvalue weighted by Crippen LogP contribution is -2.59. The van der Waals surface area contributed by atoms with Crippen molar-refractivity contribution in [2.24, 2.45) is 17.8 Å². The Bertz CT molecular complexity index is 531. The van der Waals surface area contributed by atoms with Gasteiger partial charge in [-0.3, -0.25) is 14.5 Å². The highest BCUT2D eigenvalue weighted by molar-refractivity contribution is 5.90. The third-order valence-electron chi connectivity index (χ3n) is 6.27. The average molecular weight is 428 g/mol. The van der Waals surface area contributed by atoms with Crippen LogP contribution < -0.4 is 5.32 Å². The number of aldehydes is 1. The molecule has 0 aromatic heterocycles. The molecule has 0 fully saturated rings. The lowest BCUT2D eigenvalue weighted by molar-refractivity contribution is -0.144. The molecule has 7 heteroatoms. The molecule has 2 amide bonds. The summed E-state index contributed by atoms with van der Waals surface area (Å²) in [6.45, 7) is 12.1. The number of carbonyl (C=O) groups excluding carboxylic acids is 3. The van der Waals surface area contributed by atoms with Gasteiger partial charge in [0.15, 0.2) is 0 Å². The van der Waals surface area contributed by atoms with Crippen LogP contribution in [0.2, 0.25) is 0 Å². The molecule has 0 unspecified atom stereocenters. The van der Waals surface area contributed by atoms with Gasteiger partial charge in [0.2, 0.25) is 11.8 Å². The van der Waals surface area contributed by atoms with Crippen LogP contribution in [0.3, 0.4) is 0 Å². The number of likely N-dealkylation sites (N-methyl/N-ethyl adjacent to an activating group) is 2. The van der Waals surface area contributed by atoms with E-state index in [4.69, 9.17) is 4.74 Å². The molecule has 0 aliphatic rings. The van der Waals surface area contributed by atoms with Crippen molar-refractivity contribution < 1.29 is 19.1 Å². The van der Waals surface area contributed by atoms with Crippen LogP contribution >= 0.6 is 0 Å². The van der Waals surface area contributed by atoms with E-state index in [0.717, 1.165) is 19.1 Å². The summed E-state index contributed by atoms with van der Waals surface area (Å²) in [5, 5.41) is 3.03. The molecule has 0 radical (unpaired) electrons. The molecular formula is C23H45N3O4. The molecule has 0 saturated carbocycles. The Morgan fingerprint density at radius 1 is 1.00 bits per heavy atom. The molecule has 176 valence electrons. The number of hydrogen-bond acceptors (Lipinski definition) is 5. The van der Waals surface area contributed by atoms with E-state index in [1.165, 1.54) is 0 Å². The van der Waals surface area contributed by atoms with Gasteiger partial charge in [0.1, 0.15) is 12.3 Å². The number of ether oxygens (including phenoxy) is 1. The van der Waals surface area contributed by atoms with Crippen molar-refractivity contribution >= 4 is 18.1 Å². The first kappa shape index (κ1) is 28.5. The number of nitrogens with zero attached hydrogens (tertiary/aromatic N) is 2. The van der Waals surface area contributed by atoms with Crippen molar-refractivity contribution in [3.8, 4) is 0 Å². The van der Waals surface area contributed by atoms with Crippen LogP contribution in [-0.4, -0.2) is 80.4 Å². The largest absolute Gasteiger partial charge is 0.379 e. The van der Waals surface area contributed by atoms with Gasteiger partial charge in [-0.1, -0.05) is 54.4 Å². The minimum absolute atomic E-state index is 0.0245. The van der Waals surface area contributed by atoms with E-state index < -0.39 is 6.04 Å². The van der Waals surface area contributed by atoms with Crippen molar-refractivity contribution in [3.05, 3.63) is 0 Å². The van der Waals surface area contributed by atoms with E-state index in [1.807, 2.05) is 46.7 Å². The zero-order chi connectivity index (χ0) is 23.6. The SMILES string of the molecule is CC[C@@H](C)[C@H]([C@H](CC=O)OC)N(C)C(=O)[C@H](NC(=O)[C@@H](C(C)C)N(C)C)[C@@H](C)CC. The molecule has 0 aromatic carbocycles. The van der Waals surface area contributed by atoms with Crippen molar-refractivity contribution in [2.45, 2.75) is 85.0 Å². The number of methoxy groups -OCH3 is 1. The monoisotopic (exact) mass is 427 g/mol. The highest BCUT2D eigenvalue weighted by Gasteiger charge is 2.38. The predicted octanol–water partition coefficient (Wildman–Crippen LogP) is 2.58. The van der Waals surface area contributed by atoms with Crippen LogP contribution in [0.5, 0.6) is 0 Å². The molecule has 0 aromatic rings. The fraction of sp³-hybridized carbons (Fsp3) is 0.870. The minimum Gasteiger partial charge on any atom is -0.379 e. The van der Waals surface area contributed by atoms with Gasteiger partial charge in [0.05, 0.1) is 18.2 Å². The van der Waals surface area contributed by atoms with Gasteiger partial charge in [0, 0.05) is 20.6 Å². The highest BCUT2D eigenvalue weighted by Crippen LogP contribution is 2.23. The van der Waals surface area contributed by atoms with E-state index in [2.05, 4.69) is 19.2 Å². The van der Waals surface area contributed by atoms with Gasteiger partial charge in [-0.15, -0.1) is 0 Å². The van der Waals surface area contributed by atoms with E-state index in [0.29, 0.717) is 0 Å². The molecule has 7 nitrogen and oxygen atoms in total. The first-order chi connectivity index (χ1) is 14.0. The van der Waals surface area contributed by atoms with E-state index >= 15 is 0 Å². The van der Waals surface area contributed by atoms with Gasteiger partial charge in [0.25, 0.3) is 0 Å². The Labute approximate surface area is 183 Å². The minimum atomic E-state index is -0.631. The summed E-state index contributed by atoms with van der Waals surface area (Å²) in [4.78, 5) is 41.4. The first-order valence-corrected chi connectivity index (χ1v) is 11.2. The van der Waals surface area contributed by atoms with Gasteiger partial charge in [-0.2, -0.15) is 0 Å². The smallest absolute Gasteiger partial charge is 0.245 e. The third-order valence-corrected chi connectivity index (χ3v) is 6.27. The number of amides is 2. The molecule has 0 aliphatic carbocycles. The molecule has 6 atom stereocenters. The predicted molar refractivity (Wildman–Crippen MR) is 121 cm³/mol. The summed E-state index contributed by atoms with van der Waals surface area (Å²) in [7, 11) is 7.07. The maximum absolute atomic E-state index is 13.6. The van der Waals surface area contributed by atoms with Gasteiger partial charge in [-0.05, 0) is 31.8 Å². The summed E-state index contributed by atoms with van der Waals surface area (Å²) < 4.78 is 5.58. The normalized spacial score (nSPS) is 17.7. The van der Waals surface area contributed by atoms with Crippen LogP contribution in [0.25, 0.3) is 0 Å². The average Bonchev–Trinajstić information content (AvgIpc) is 2.69. The topological polar surface area (TPSA) is 79.0 Å². The molecule has 1 N–H and O–H groups in total. The Hall–Kier alpha value is -1.47. The molecule has 0 heterocycles. The van der Waals surface area contributed by atoms with Crippen molar-refractivity contribution in [3.63, 3.8) is 0 Å². The summed E-state index contributed by atoms with van der Waals surface area (Å²) in [6.07, 6.45) is 2.27. The Balaban J connectivity index is 5.87. The van der Waals surface area contributed by atoms with E-state index in [-0.39, 0.29) is 54.2 Å². The van der Waals surface area contributed by atoms with Crippen LogP contribution in [-0.2, 0) is 19.1 Å². The summed E-state index contributed by atoms with van der Waals surface area (Å²) >= 11 is 0. The quantitative estimate of drug-likeness (QED) is 0.431. The maximum Gasteiger partial charge on any atom is 0.245 e. The second-order valence-corrected chi connectivity index (χ2v) is 9.03. The van der Waals surface area contributed by atoms with Crippen LogP contribution in [0, 0.1) is 17.8 Å². The fourth-order valence-electron chi connectivity index (χ4n) is 4.13. The lowest BCUT2D eigenvalue weighted by Gasteiger charge is -2.40. The number of carbonyl (C=O) groups is 3. The lowest BCUT2D eigenvalue weighted by atomic mass is 9.89. The molecule has 0 spiro atoms. The third kappa shape index (κ3) is 7.65. The first-order valence-electron chi connectivity index (χ1n) is 11.2. The zero-order valence-electron chi connectivity index (χ0n) is 20.8. The van der Waals surface area contributed by atoms with Crippen LogP contribution in [0.4, 0.5) is 0 Å². The number of rotatable bonds is 14. The summed E-state index contributed by atoms with van der Waals surface area (Å²) in [6, 6.07) is -1.20. The van der Waals surface area contributed by atoms with E-state index in [9.17, 15) is 14.4 Å². The fourth-order valence-corrected chi connectivity index (χ4v) is 4.13. The van der Waals surface area contributed by atoms with Crippen molar-refractivity contribution in [1.82, 2.24) is 15.1 Å². The van der Waals surface area contributed by atoms with Gasteiger partial charge < -0.3 is 19.7 Å².